The summed E-state index contributed by atoms with van der Waals surface area (Å²) in [6, 6.07) is 16.6. The van der Waals surface area contributed by atoms with Gasteiger partial charge in [0, 0.05) is 11.6 Å². The molecule has 0 aliphatic rings. The Bertz CT molecular complexity index is 1390. The van der Waals surface area contributed by atoms with Crippen molar-refractivity contribution in [3.63, 3.8) is 0 Å². The highest BCUT2D eigenvalue weighted by Gasteiger charge is 2.25. The van der Waals surface area contributed by atoms with Gasteiger partial charge in [0.1, 0.15) is 5.58 Å². The van der Waals surface area contributed by atoms with Gasteiger partial charge in [0.15, 0.2) is 5.76 Å². The SMILES string of the molecule is Cc1ccc(-c2oc3ccccc3c(=O)c2Oc2ccc([N+](=O)[O-])cc2[N+](=O)[O-])cc1. The molecule has 4 rings (SSSR count). The molecule has 0 amide bonds. The smallest absolute Gasteiger partial charge is 0.318 e. The summed E-state index contributed by atoms with van der Waals surface area (Å²) in [4.78, 5) is 34.1. The Morgan fingerprint density at radius 3 is 2.29 bits per heavy atom. The van der Waals surface area contributed by atoms with Crippen LogP contribution in [0, 0.1) is 27.2 Å². The Labute approximate surface area is 174 Å². The number of hydrogen-bond donors (Lipinski definition) is 0. The third-order valence-electron chi connectivity index (χ3n) is 4.63. The molecule has 0 unspecified atom stereocenters. The Morgan fingerprint density at radius 2 is 1.61 bits per heavy atom. The molecule has 0 spiro atoms. The second kappa shape index (κ2) is 7.71. The summed E-state index contributed by atoms with van der Waals surface area (Å²) in [5.41, 5.74) is 0.215. The summed E-state index contributed by atoms with van der Waals surface area (Å²) >= 11 is 0. The van der Waals surface area contributed by atoms with Crippen molar-refractivity contribution in [3.8, 4) is 22.8 Å². The van der Waals surface area contributed by atoms with E-state index in [1.807, 2.05) is 19.1 Å². The first-order chi connectivity index (χ1) is 14.8. The standard InChI is InChI=1S/C22H14N2O7/c1-13-6-8-14(9-7-13)21-22(20(25)16-4-2-3-5-18(16)30-21)31-19-11-10-15(23(26)27)12-17(19)24(28)29/h2-12H,1H3. The summed E-state index contributed by atoms with van der Waals surface area (Å²) in [6.45, 7) is 1.90. The van der Waals surface area contributed by atoms with Crippen LogP contribution in [0.25, 0.3) is 22.3 Å². The number of non-ortho nitro benzene ring substituents is 1. The van der Waals surface area contributed by atoms with E-state index < -0.39 is 26.7 Å². The summed E-state index contributed by atoms with van der Waals surface area (Å²) in [7, 11) is 0. The number of nitro benzene ring substituents is 2. The topological polar surface area (TPSA) is 126 Å². The molecule has 9 heteroatoms. The van der Waals surface area contributed by atoms with Gasteiger partial charge in [-0.2, -0.15) is 0 Å². The monoisotopic (exact) mass is 418 g/mol. The molecule has 3 aromatic carbocycles. The maximum absolute atomic E-state index is 13.2. The van der Waals surface area contributed by atoms with Gasteiger partial charge in [0.05, 0.1) is 21.3 Å². The predicted octanol–water partition coefficient (Wildman–Crippen LogP) is 5.38. The molecule has 0 atom stereocenters. The zero-order valence-corrected chi connectivity index (χ0v) is 16.1. The van der Waals surface area contributed by atoms with Crippen LogP contribution in [0.3, 0.4) is 0 Å². The average Bonchev–Trinajstić information content (AvgIpc) is 2.76. The van der Waals surface area contributed by atoms with E-state index in [-0.39, 0.29) is 22.6 Å². The number of nitrogens with zero attached hydrogens (tertiary/aromatic N) is 2. The van der Waals surface area contributed by atoms with Crippen LogP contribution in [-0.4, -0.2) is 9.85 Å². The Kier molecular flexibility index (Phi) is 4.92. The normalized spacial score (nSPS) is 10.7. The maximum Gasteiger partial charge on any atom is 0.318 e. The molecule has 0 bridgehead atoms. The van der Waals surface area contributed by atoms with Gasteiger partial charge in [-0.3, -0.25) is 25.0 Å². The van der Waals surface area contributed by atoms with E-state index in [1.165, 1.54) is 0 Å². The Balaban J connectivity index is 1.95. The fourth-order valence-electron chi connectivity index (χ4n) is 3.07. The number of hydrogen-bond acceptors (Lipinski definition) is 7. The molecular formula is C22H14N2O7. The summed E-state index contributed by atoms with van der Waals surface area (Å²) in [5, 5.41) is 22.7. The molecule has 0 N–H and O–H groups in total. The van der Waals surface area contributed by atoms with E-state index in [1.54, 1.807) is 36.4 Å². The lowest BCUT2D eigenvalue weighted by atomic mass is 10.1. The lowest BCUT2D eigenvalue weighted by molar-refractivity contribution is -0.394. The molecule has 0 saturated carbocycles. The van der Waals surface area contributed by atoms with Crippen LogP contribution in [0.4, 0.5) is 11.4 Å². The highest BCUT2D eigenvalue weighted by atomic mass is 16.6. The fourth-order valence-corrected chi connectivity index (χ4v) is 3.07. The lowest BCUT2D eigenvalue weighted by Crippen LogP contribution is -2.08. The van der Waals surface area contributed by atoms with Gasteiger partial charge in [-0.05, 0) is 25.1 Å². The molecule has 0 fully saturated rings. The van der Waals surface area contributed by atoms with Crippen LogP contribution in [0.15, 0.2) is 75.9 Å². The van der Waals surface area contributed by atoms with Gasteiger partial charge in [0.25, 0.3) is 5.69 Å². The molecular weight excluding hydrogens is 404 g/mol. The van der Waals surface area contributed by atoms with Crippen LogP contribution in [0.2, 0.25) is 0 Å². The molecule has 1 heterocycles. The van der Waals surface area contributed by atoms with Gasteiger partial charge in [0.2, 0.25) is 16.9 Å². The highest BCUT2D eigenvalue weighted by molar-refractivity contribution is 5.82. The van der Waals surface area contributed by atoms with E-state index >= 15 is 0 Å². The maximum atomic E-state index is 13.2. The quantitative estimate of drug-likeness (QED) is 0.315. The van der Waals surface area contributed by atoms with Gasteiger partial charge < -0.3 is 9.15 Å². The van der Waals surface area contributed by atoms with Crippen molar-refractivity contribution in [2.75, 3.05) is 0 Å². The van der Waals surface area contributed by atoms with Crippen LogP contribution in [0.5, 0.6) is 11.5 Å². The molecule has 1 aromatic heterocycles. The van der Waals surface area contributed by atoms with Crippen LogP contribution < -0.4 is 10.2 Å². The highest BCUT2D eigenvalue weighted by Crippen LogP contribution is 2.38. The Morgan fingerprint density at radius 1 is 0.903 bits per heavy atom. The number of para-hydroxylation sites is 1. The van der Waals surface area contributed by atoms with Crippen molar-refractivity contribution in [2.24, 2.45) is 0 Å². The van der Waals surface area contributed by atoms with Gasteiger partial charge >= 0.3 is 5.69 Å². The predicted molar refractivity (Wildman–Crippen MR) is 112 cm³/mol. The molecule has 0 radical (unpaired) electrons. The van der Waals surface area contributed by atoms with E-state index in [4.69, 9.17) is 9.15 Å². The van der Waals surface area contributed by atoms with Crippen molar-refractivity contribution >= 4 is 22.3 Å². The first-order valence-corrected chi connectivity index (χ1v) is 9.08. The molecule has 9 nitrogen and oxygen atoms in total. The lowest BCUT2D eigenvalue weighted by Gasteiger charge is -2.12. The number of aryl methyl sites for hydroxylation is 1. The van der Waals surface area contributed by atoms with Crippen LogP contribution >= 0.6 is 0 Å². The first-order valence-electron chi connectivity index (χ1n) is 9.08. The molecule has 0 saturated heterocycles. The number of nitro groups is 2. The zero-order valence-electron chi connectivity index (χ0n) is 16.1. The van der Waals surface area contributed by atoms with Gasteiger partial charge in [-0.25, -0.2) is 0 Å². The molecule has 4 aromatic rings. The largest absolute Gasteiger partial charge is 0.452 e. The summed E-state index contributed by atoms with van der Waals surface area (Å²) < 4.78 is 11.6. The second-order valence-corrected chi connectivity index (χ2v) is 6.72. The number of benzene rings is 3. The average molecular weight is 418 g/mol. The minimum atomic E-state index is -0.809. The number of rotatable bonds is 5. The second-order valence-electron chi connectivity index (χ2n) is 6.72. The molecule has 154 valence electrons. The van der Waals surface area contributed by atoms with Gasteiger partial charge in [-0.1, -0.05) is 42.0 Å². The number of ether oxygens (including phenoxy) is 1. The summed E-state index contributed by atoms with van der Waals surface area (Å²) in [6.07, 6.45) is 0. The minimum Gasteiger partial charge on any atom is -0.452 e. The van der Waals surface area contributed by atoms with Gasteiger partial charge in [-0.15, -0.1) is 0 Å². The minimum absolute atomic E-state index is 0.0938. The van der Waals surface area contributed by atoms with Crippen molar-refractivity contribution < 1.29 is 19.0 Å². The van der Waals surface area contributed by atoms with Crippen molar-refractivity contribution in [2.45, 2.75) is 6.92 Å². The molecule has 31 heavy (non-hydrogen) atoms. The van der Waals surface area contributed by atoms with E-state index in [9.17, 15) is 25.0 Å². The van der Waals surface area contributed by atoms with E-state index in [0.29, 0.717) is 11.1 Å². The van der Waals surface area contributed by atoms with Crippen molar-refractivity contribution in [1.82, 2.24) is 0 Å². The van der Waals surface area contributed by atoms with Crippen LogP contribution in [0.1, 0.15) is 5.56 Å². The fraction of sp³-hybridized carbons (Fsp3) is 0.0455. The third-order valence-corrected chi connectivity index (χ3v) is 4.63. The van der Waals surface area contributed by atoms with E-state index in [2.05, 4.69) is 0 Å². The van der Waals surface area contributed by atoms with E-state index in [0.717, 1.165) is 23.8 Å². The first kappa shape index (κ1) is 19.8. The van der Waals surface area contributed by atoms with Crippen molar-refractivity contribution in [1.29, 1.82) is 0 Å². The molecule has 0 aliphatic heterocycles. The van der Waals surface area contributed by atoms with Crippen molar-refractivity contribution in [3.05, 3.63) is 103 Å². The Hall–Kier alpha value is -4.53. The zero-order chi connectivity index (χ0) is 22.1. The summed E-state index contributed by atoms with van der Waals surface area (Å²) in [5.74, 6) is -0.470. The third kappa shape index (κ3) is 3.71. The van der Waals surface area contributed by atoms with Crippen LogP contribution in [-0.2, 0) is 0 Å². The molecule has 0 aliphatic carbocycles. The number of fused-ring (bicyclic) bond motifs is 1.